The summed E-state index contributed by atoms with van der Waals surface area (Å²) >= 11 is 0. The number of rotatable bonds is 3. The Morgan fingerprint density at radius 3 is 3.06 bits per heavy atom. The van der Waals surface area contributed by atoms with Gasteiger partial charge in [-0.2, -0.15) is 15.5 Å². The average molecular weight is 216 g/mol. The molecule has 0 aromatic carbocycles. The van der Waals surface area contributed by atoms with E-state index in [1.165, 1.54) is 12.8 Å². The molecular weight excluding hydrogens is 200 g/mol. The van der Waals surface area contributed by atoms with Crippen LogP contribution < -0.4 is 5.32 Å². The van der Waals surface area contributed by atoms with Gasteiger partial charge >= 0.3 is 0 Å². The van der Waals surface area contributed by atoms with E-state index >= 15 is 0 Å². The highest BCUT2D eigenvalue weighted by Crippen LogP contribution is 2.23. The largest absolute Gasteiger partial charge is 0.307 e. The lowest BCUT2D eigenvalue weighted by Crippen LogP contribution is -2.37. The summed E-state index contributed by atoms with van der Waals surface area (Å²) in [7, 11) is 0. The molecule has 2 atom stereocenters. The molecule has 0 radical (unpaired) electrons. The average Bonchev–Trinajstić information content (AvgIpc) is 2.38. The maximum atomic E-state index is 9.04. The number of nitrogens with zero attached hydrogens (tertiary/aromatic N) is 3. The summed E-state index contributed by atoms with van der Waals surface area (Å²) in [5, 5.41) is 20.3. The fourth-order valence-corrected chi connectivity index (χ4v) is 2.19. The van der Waals surface area contributed by atoms with Crippen LogP contribution in [0.2, 0.25) is 0 Å². The van der Waals surface area contributed by atoms with Crippen molar-refractivity contribution in [3.63, 3.8) is 0 Å². The van der Waals surface area contributed by atoms with Gasteiger partial charge in [0.15, 0.2) is 0 Å². The van der Waals surface area contributed by atoms with Crippen LogP contribution in [-0.4, -0.2) is 16.2 Å². The van der Waals surface area contributed by atoms with Gasteiger partial charge in [-0.3, -0.25) is 0 Å². The zero-order valence-corrected chi connectivity index (χ0v) is 9.26. The predicted molar refractivity (Wildman–Crippen MR) is 60.2 cm³/mol. The maximum absolute atomic E-state index is 9.04. The summed E-state index contributed by atoms with van der Waals surface area (Å²) in [6, 6.07) is 6.54. The second kappa shape index (κ2) is 5.57. The highest BCUT2D eigenvalue weighted by atomic mass is 15.1. The molecule has 1 aromatic heterocycles. The second-order valence-corrected chi connectivity index (χ2v) is 4.22. The van der Waals surface area contributed by atoms with Gasteiger partial charge in [0.05, 0.1) is 17.7 Å². The van der Waals surface area contributed by atoms with Crippen LogP contribution in [0.1, 0.15) is 31.4 Å². The highest BCUT2D eigenvalue weighted by Gasteiger charge is 2.24. The maximum Gasteiger partial charge on any atom is 0.0769 e. The van der Waals surface area contributed by atoms with Gasteiger partial charge in [-0.05, 0) is 25.0 Å². The molecule has 1 saturated carbocycles. The quantitative estimate of drug-likeness (QED) is 0.834. The van der Waals surface area contributed by atoms with Crippen LogP contribution in [0.15, 0.2) is 18.3 Å². The number of nitriles is 1. The van der Waals surface area contributed by atoms with E-state index in [1.54, 1.807) is 6.20 Å². The first-order valence-corrected chi connectivity index (χ1v) is 5.80. The van der Waals surface area contributed by atoms with E-state index in [0.29, 0.717) is 12.6 Å². The van der Waals surface area contributed by atoms with Gasteiger partial charge in [-0.1, -0.05) is 12.8 Å². The molecule has 1 heterocycles. The third-order valence-corrected chi connectivity index (χ3v) is 3.10. The van der Waals surface area contributed by atoms with Crippen molar-refractivity contribution in [3.8, 4) is 6.07 Å². The van der Waals surface area contributed by atoms with Crippen molar-refractivity contribution in [3.05, 3.63) is 24.0 Å². The summed E-state index contributed by atoms with van der Waals surface area (Å²) < 4.78 is 0. The van der Waals surface area contributed by atoms with Crippen molar-refractivity contribution in [2.45, 2.75) is 38.3 Å². The Labute approximate surface area is 95.7 Å². The molecule has 2 rings (SSSR count). The lowest BCUT2D eigenvalue weighted by Gasteiger charge is -2.27. The van der Waals surface area contributed by atoms with Crippen LogP contribution in [0.25, 0.3) is 0 Å². The number of hydrogen-bond donors (Lipinski definition) is 1. The van der Waals surface area contributed by atoms with Crippen molar-refractivity contribution >= 4 is 0 Å². The first-order chi connectivity index (χ1) is 7.90. The van der Waals surface area contributed by atoms with Crippen molar-refractivity contribution in [2.24, 2.45) is 5.92 Å². The molecule has 0 amide bonds. The minimum Gasteiger partial charge on any atom is -0.307 e. The lowest BCUT2D eigenvalue weighted by atomic mass is 9.85. The summed E-state index contributed by atoms with van der Waals surface area (Å²) in [6.07, 6.45) is 6.19. The van der Waals surface area contributed by atoms with E-state index in [-0.39, 0.29) is 5.92 Å². The molecule has 0 aliphatic heterocycles. The van der Waals surface area contributed by atoms with Gasteiger partial charge in [-0.15, -0.1) is 0 Å². The molecule has 0 saturated heterocycles. The van der Waals surface area contributed by atoms with Crippen LogP contribution in [0.3, 0.4) is 0 Å². The Bertz CT molecular complexity index is 357. The molecule has 1 aromatic rings. The van der Waals surface area contributed by atoms with Crippen LogP contribution >= 0.6 is 0 Å². The minimum absolute atomic E-state index is 0.158. The van der Waals surface area contributed by atoms with E-state index in [4.69, 9.17) is 5.26 Å². The van der Waals surface area contributed by atoms with E-state index in [2.05, 4.69) is 21.6 Å². The molecule has 84 valence electrons. The minimum atomic E-state index is 0.158. The fourth-order valence-electron chi connectivity index (χ4n) is 2.19. The number of hydrogen-bond acceptors (Lipinski definition) is 4. The Kier molecular flexibility index (Phi) is 3.84. The molecule has 4 nitrogen and oxygen atoms in total. The van der Waals surface area contributed by atoms with E-state index in [0.717, 1.165) is 18.5 Å². The summed E-state index contributed by atoms with van der Waals surface area (Å²) in [5.74, 6) is 0.158. The van der Waals surface area contributed by atoms with E-state index in [1.807, 2.05) is 12.1 Å². The molecule has 1 aliphatic rings. The summed E-state index contributed by atoms with van der Waals surface area (Å²) in [5.41, 5.74) is 0.935. The molecule has 2 unspecified atom stereocenters. The van der Waals surface area contributed by atoms with E-state index < -0.39 is 0 Å². The molecule has 1 aliphatic carbocycles. The number of aromatic nitrogens is 2. The monoisotopic (exact) mass is 216 g/mol. The third kappa shape index (κ3) is 2.77. The number of nitrogens with one attached hydrogen (secondary N) is 1. The molecule has 0 bridgehead atoms. The Morgan fingerprint density at radius 2 is 2.31 bits per heavy atom. The van der Waals surface area contributed by atoms with E-state index in [9.17, 15) is 0 Å². The molecule has 0 spiro atoms. The Hall–Kier alpha value is -1.47. The molecule has 1 N–H and O–H groups in total. The predicted octanol–water partition coefficient (Wildman–Crippen LogP) is 1.65. The first kappa shape index (κ1) is 11.0. The topological polar surface area (TPSA) is 61.6 Å². The SMILES string of the molecule is N#CC1CCCCC1NCc1cccnn1. The molecule has 4 heteroatoms. The standard InChI is InChI=1S/C12H16N4/c13-8-10-4-1-2-6-12(10)14-9-11-5-3-7-15-16-11/h3,5,7,10,12,14H,1-2,4,6,9H2. The Balaban J connectivity index is 1.87. The summed E-state index contributed by atoms with van der Waals surface area (Å²) in [6.45, 7) is 0.705. The Morgan fingerprint density at radius 1 is 1.44 bits per heavy atom. The van der Waals surface area contributed by atoms with Gasteiger partial charge in [0.25, 0.3) is 0 Å². The van der Waals surface area contributed by atoms with Gasteiger partial charge in [0.1, 0.15) is 0 Å². The zero-order valence-electron chi connectivity index (χ0n) is 9.26. The highest BCUT2D eigenvalue weighted by molar-refractivity contribution is 5.00. The zero-order chi connectivity index (χ0) is 11.2. The molecule has 16 heavy (non-hydrogen) atoms. The van der Waals surface area contributed by atoms with Crippen molar-refractivity contribution in [2.75, 3.05) is 0 Å². The van der Waals surface area contributed by atoms with Crippen molar-refractivity contribution in [1.29, 1.82) is 5.26 Å². The van der Waals surface area contributed by atoms with Crippen LogP contribution in [0.5, 0.6) is 0 Å². The van der Waals surface area contributed by atoms with Gasteiger partial charge in [-0.25, -0.2) is 0 Å². The van der Waals surface area contributed by atoms with Gasteiger partial charge in [0.2, 0.25) is 0 Å². The second-order valence-electron chi connectivity index (χ2n) is 4.22. The molecular formula is C12H16N4. The van der Waals surface area contributed by atoms with Crippen LogP contribution in [-0.2, 0) is 6.54 Å². The normalized spacial score (nSPS) is 24.9. The van der Waals surface area contributed by atoms with Crippen molar-refractivity contribution in [1.82, 2.24) is 15.5 Å². The fraction of sp³-hybridized carbons (Fsp3) is 0.583. The third-order valence-electron chi connectivity index (χ3n) is 3.10. The van der Waals surface area contributed by atoms with Crippen molar-refractivity contribution < 1.29 is 0 Å². The first-order valence-electron chi connectivity index (χ1n) is 5.80. The molecule has 1 fully saturated rings. The lowest BCUT2D eigenvalue weighted by molar-refractivity contribution is 0.310. The van der Waals surface area contributed by atoms with Crippen LogP contribution in [0.4, 0.5) is 0 Å². The van der Waals surface area contributed by atoms with Crippen LogP contribution in [0, 0.1) is 17.2 Å². The smallest absolute Gasteiger partial charge is 0.0769 e. The summed E-state index contributed by atoms with van der Waals surface area (Å²) in [4.78, 5) is 0. The van der Waals surface area contributed by atoms with Gasteiger partial charge in [0, 0.05) is 18.8 Å². The van der Waals surface area contributed by atoms with Gasteiger partial charge < -0.3 is 5.32 Å².